The molecule has 2 aromatic rings. The third-order valence-electron chi connectivity index (χ3n) is 5.28. The van der Waals surface area contributed by atoms with Crippen LogP contribution in [0.1, 0.15) is 10.8 Å². The summed E-state index contributed by atoms with van der Waals surface area (Å²) in [5, 5.41) is 3.30. The van der Waals surface area contributed by atoms with Crippen LogP contribution >= 0.6 is 11.8 Å². The quantitative estimate of drug-likeness (QED) is 0.479. The van der Waals surface area contributed by atoms with Crippen molar-refractivity contribution >= 4 is 43.6 Å². The number of hydrogen-bond donors (Lipinski definition) is 3. The first-order valence-corrected chi connectivity index (χ1v) is 15.7. The van der Waals surface area contributed by atoms with E-state index in [1.807, 2.05) is 36.0 Å². The smallest absolute Gasteiger partial charge is 0.261 e. The molecule has 0 radical (unpaired) electrons. The van der Waals surface area contributed by atoms with Gasteiger partial charge in [0.15, 0.2) is 0 Å². The molecule has 0 aliphatic carbocycles. The average Bonchev–Trinajstić information content (AvgIpc) is 2.90. The summed E-state index contributed by atoms with van der Waals surface area (Å²) in [6, 6.07) is 18.6. The number of para-hydroxylation sites is 1. The normalized spacial score (nSPS) is 21.0. The molecular weight excluding hydrogens is 526 g/mol. The van der Waals surface area contributed by atoms with Gasteiger partial charge in [-0.1, -0.05) is 42.5 Å². The number of piperazine rings is 1. The maximum absolute atomic E-state index is 13.1. The van der Waals surface area contributed by atoms with Crippen LogP contribution < -0.4 is 5.32 Å². The largest absolute Gasteiger partial charge is 0.325 e. The van der Waals surface area contributed by atoms with Gasteiger partial charge in [-0.05, 0) is 24.7 Å². The Balaban J connectivity index is 0.000000389. The third-order valence-corrected chi connectivity index (χ3v) is 6.74. The van der Waals surface area contributed by atoms with E-state index < -0.39 is 20.2 Å². The first-order valence-electron chi connectivity index (χ1n) is 11.1. The van der Waals surface area contributed by atoms with Crippen LogP contribution in [-0.4, -0.2) is 93.9 Å². The number of benzene rings is 2. The first kappa shape index (κ1) is 30.2. The fraction of sp³-hybridized carbons (Fsp3) is 0.435. The van der Waals surface area contributed by atoms with E-state index in [9.17, 15) is 21.6 Å². The van der Waals surface area contributed by atoms with E-state index in [-0.39, 0.29) is 17.1 Å². The van der Waals surface area contributed by atoms with Crippen molar-refractivity contribution < 1.29 is 30.7 Å². The zero-order valence-electron chi connectivity index (χ0n) is 20.4. The van der Waals surface area contributed by atoms with E-state index in [1.54, 1.807) is 0 Å². The van der Waals surface area contributed by atoms with Crippen molar-refractivity contribution in [1.29, 1.82) is 0 Å². The summed E-state index contributed by atoms with van der Waals surface area (Å²) in [5.41, 5.74) is 2.16. The molecule has 0 saturated carbocycles. The summed E-state index contributed by atoms with van der Waals surface area (Å²) in [4.78, 5) is 19.1. The number of nitrogens with one attached hydrogen (secondary N) is 1. The van der Waals surface area contributed by atoms with Crippen LogP contribution in [0.4, 0.5) is 5.69 Å². The van der Waals surface area contributed by atoms with Gasteiger partial charge in [0.1, 0.15) is 0 Å². The van der Waals surface area contributed by atoms with Gasteiger partial charge in [0, 0.05) is 42.9 Å². The fourth-order valence-electron chi connectivity index (χ4n) is 3.68. The number of likely N-dealkylation sites (N-methyl/N-ethyl adjacent to an activating group) is 1. The maximum atomic E-state index is 13.1. The van der Waals surface area contributed by atoms with Crippen LogP contribution in [0.15, 0.2) is 59.5 Å². The Morgan fingerprint density at radius 1 is 0.889 bits per heavy atom. The van der Waals surface area contributed by atoms with Gasteiger partial charge >= 0.3 is 0 Å². The van der Waals surface area contributed by atoms with Crippen LogP contribution in [0, 0.1) is 5.92 Å². The molecule has 0 spiro atoms. The van der Waals surface area contributed by atoms with E-state index in [4.69, 9.17) is 9.11 Å². The molecule has 0 aromatic heterocycles. The van der Waals surface area contributed by atoms with E-state index >= 15 is 0 Å². The summed E-state index contributed by atoms with van der Waals surface area (Å²) in [5.74, 6) is 0.0634. The Morgan fingerprint density at radius 2 is 1.39 bits per heavy atom. The van der Waals surface area contributed by atoms with E-state index in [0.717, 1.165) is 43.3 Å². The molecule has 2 aromatic carbocycles. The van der Waals surface area contributed by atoms with E-state index in [0.29, 0.717) is 12.5 Å². The minimum absolute atomic E-state index is 0.0711. The van der Waals surface area contributed by atoms with Gasteiger partial charge in [0.25, 0.3) is 20.2 Å². The Morgan fingerprint density at radius 3 is 1.94 bits per heavy atom. The Kier molecular flexibility index (Phi) is 11.3. The molecule has 2 heterocycles. The first-order chi connectivity index (χ1) is 16.7. The van der Waals surface area contributed by atoms with Gasteiger partial charge in [-0.2, -0.15) is 16.8 Å². The molecule has 200 valence electrons. The molecule has 0 unspecified atom stereocenters. The SMILES string of the molecule is CN1CCN(C[C@@H]2C(=O)Nc3ccccc3S[C@@H]2c2ccccc2)CC1.CS(=O)(=O)O.CS(=O)(=O)O. The molecule has 4 rings (SSSR count). The third kappa shape index (κ3) is 11.8. The second-order valence-corrected chi connectivity index (χ2v) is 12.7. The van der Waals surface area contributed by atoms with Gasteiger partial charge < -0.3 is 10.2 Å². The second kappa shape index (κ2) is 13.5. The highest BCUT2D eigenvalue weighted by atomic mass is 32.2. The fourth-order valence-corrected chi connectivity index (χ4v) is 5.03. The molecule has 1 amide bonds. The number of carbonyl (C=O) groups is 1. The van der Waals surface area contributed by atoms with Crippen LogP contribution in [0.2, 0.25) is 0 Å². The van der Waals surface area contributed by atoms with Crippen LogP contribution in [0.5, 0.6) is 0 Å². The molecule has 1 fully saturated rings. The summed E-state index contributed by atoms with van der Waals surface area (Å²) in [6.45, 7) is 4.99. The lowest BCUT2D eigenvalue weighted by atomic mass is 9.96. The predicted molar refractivity (Wildman–Crippen MR) is 142 cm³/mol. The molecular formula is C23H33N3O7S3. The monoisotopic (exact) mass is 559 g/mol. The summed E-state index contributed by atoms with van der Waals surface area (Å²) in [7, 11) is -5.17. The zero-order valence-corrected chi connectivity index (χ0v) is 22.9. The number of fused-ring (bicyclic) bond motifs is 1. The van der Waals surface area contributed by atoms with Crippen molar-refractivity contribution in [3.63, 3.8) is 0 Å². The van der Waals surface area contributed by atoms with Gasteiger partial charge in [0.05, 0.1) is 24.1 Å². The molecule has 10 nitrogen and oxygen atoms in total. The Hall–Kier alpha value is -2.00. The lowest BCUT2D eigenvalue weighted by molar-refractivity contribution is -0.120. The van der Waals surface area contributed by atoms with Gasteiger partial charge in [-0.3, -0.25) is 18.8 Å². The Bertz CT molecular complexity index is 1150. The zero-order chi connectivity index (χ0) is 26.9. The summed E-state index contributed by atoms with van der Waals surface area (Å²) < 4.78 is 51.7. The molecule has 1 saturated heterocycles. The number of rotatable bonds is 3. The predicted octanol–water partition coefficient (Wildman–Crippen LogP) is 2.34. The minimum atomic E-state index is -3.67. The Labute approximate surface area is 217 Å². The second-order valence-electron chi connectivity index (χ2n) is 8.61. The van der Waals surface area contributed by atoms with Crippen LogP contribution in [-0.2, 0) is 25.0 Å². The van der Waals surface area contributed by atoms with Crippen molar-refractivity contribution in [2.45, 2.75) is 10.1 Å². The number of thioether (sulfide) groups is 1. The molecule has 2 aliphatic heterocycles. The summed E-state index contributed by atoms with van der Waals surface area (Å²) in [6.07, 6.45) is 1.43. The molecule has 2 aliphatic rings. The van der Waals surface area contributed by atoms with Gasteiger partial charge in [0.2, 0.25) is 5.91 Å². The lowest BCUT2D eigenvalue weighted by Crippen LogP contribution is -2.48. The number of carbonyl (C=O) groups excluding carboxylic acids is 1. The topological polar surface area (TPSA) is 144 Å². The summed E-state index contributed by atoms with van der Waals surface area (Å²) >= 11 is 1.81. The highest BCUT2D eigenvalue weighted by Crippen LogP contribution is 2.46. The molecule has 0 bridgehead atoms. The van der Waals surface area contributed by atoms with Crippen molar-refractivity contribution in [1.82, 2.24) is 9.80 Å². The molecule has 2 atom stereocenters. The van der Waals surface area contributed by atoms with E-state index in [1.165, 1.54) is 5.56 Å². The number of hydrogen-bond acceptors (Lipinski definition) is 8. The minimum Gasteiger partial charge on any atom is -0.325 e. The van der Waals surface area contributed by atoms with Crippen molar-refractivity contribution in [3.05, 3.63) is 60.2 Å². The number of nitrogens with zero attached hydrogens (tertiary/aromatic N) is 2. The molecule has 36 heavy (non-hydrogen) atoms. The highest BCUT2D eigenvalue weighted by molar-refractivity contribution is 7.99. The highest BCUT2D eigenvalue weighted by Gasteiger charge is 2.35. The van der Waals surface area contributed by atoms with Gasteiger partial charge in [-0.25, -0.2) is 0 Å². The lowest BCUT2D eigenvalue weighted by Gasteiger charge is -2.35. The van der Waals surface area contributed by atoms with Crippen molar-refractivity contribution in [2.24, 2.45) is 5.92 Å². The number of anilines is 1. The number of amides is 1. The molecule has 13 heteroatoms. The maximum Gasteiger partial charge on any atom is 0.261 e. The van der Waals surface area contributed by atoms with Crippen LogP contribution in [0.25, 0.3) is 0 Å². The standard InChI is InChI=1S/C21H25N3OS.2CH4O3S/c1-23-11-13-24(14-12-23)15-17-20(16-7-3-2-4-8-16)26-19-10-6-5-9-18(19)22-21(17)25;2*1-5(2,3)4/h2-10,17,20H,11-15H2,1H3,(H,22,25);2*1H3,(H,2,3,4)/t17-,20+;;/m0../s1. The van der Waals surface area contributed by atoms with Gasteiger partial charge in [-0.15, -0.1) is 11.8 Å². The van der Waals surface area contributed by atoms with Crippen molar-refractivity contribution in [2.75, 3.05) is 57.6 Å². The van der Waals surface area contributed by atoms with Crippen molar-refractivity contribution in [3.8, 4) is 0 Å². The van der Waals surface area contributed by atoms with E-state index in [2.05, 4.69) is 52.5 Å². The van der Waals surface area contributed by atoms with Crippen LogP contribution in [0.3, 0.4) is 0 Å². The molecule has 3 N–H and O–H groups in total. The average molecular weight is 560 g/mol.